The fourth-order valence-electron chi connectivity index (χ4n) is 2.27. The third-order valence-electron chi connectivity index (χ3n) is 3.48. The largest absolute Gasteiger partial charge is 0.487 e. The third-order valence-corrected chi connectivity index (χ3v) is 3.78. The number of halogens is 4. The average Bonchev–Trinajstić information content (AvgIpc) is 2.57. The predicted octanol–water partition coefficient (Wildman–Crippen LogP) is 5.96. The van der Waals surface area contributed by atoms with Crippen molar-refractivity contribution in [3.8, 4) is 5.75 Å². The van der Waals surface area contributed by atoms with Gasteiger partial charge in [0, 0.05) is 6.54 Å². The summed E-state index contributed by atoms with van der Waals surface area (Å²) < 4.78 is 48.7. The van der Waals surface area contributed by atoms with Gasteiger partial charge in [0.15, 0.2) is 0 Å². The van der Waals surface area contributed by atoms with E-state index in [9.17, 15) is 18.0 Å². The molecular formula is C20H21ClF3NO3. The lowest BCUT2D eigenvalue weighted by Crippen LogP contribution is -2.32. The number of carbonyl (C=O) groups is 1. The Balaban J connectivity index is 1.95. The minimum Gasteiger partial charge on any atom is -0.487 e. The smallest absolute Gasteiger partial charge is 0.416 e. The lowest BCUT2D eigenvalue weighted by Gasteiger charge is -2.19. The van der Waals surface area contributed by atoms with Crippen molar-refractivity contribution in [1.29, 1.82) is 0 Å². The number of nitrogens with one attached hydrogen (secondary N) is 1. The van der Waals surface area contributed by atoms with Crippen molar-refractivity contribution in [3.63, 3.8) is 0 Å². The molecule has 2 rings (SSSR count). The van der Waals surface area contributed by atoms with Crippen LogP contribution >= 0.6 is 11.6 Å². The van der Waals surface area contributed by atoms with Gasteiger partial charge in [0.25, 0.3) is 0 Å². The molecule has 8 heteroatoms. The highest BCUT2D eigenvalue weighted by Gasteiger charge is 2.31. The zero-order chi connectivity index (χ0) is 20.9. The molecule has 1 amide bonds. The van der Waals surface area contributed by atoms with Gasteiger partial charge >= 0.3 is 12.3 Å². The first-order chi connectivity index (χ1) is 12.9. The number of alkyl halides is 3. The van der Waals surface area contributed by atoms with Crippen LogP contribution < -0.4 is 10.1 Å². The minimum absolute atomic E-state index is 0.113. The molecule has 0 aliphatic rings. The van der Waals surface area contributed by atoms with Crippen LogP contribution in [-0.2, 0) is 24.1 Å². The Bertz CT molecular complexity index is 832. The normalized spacial score (nSPS) is 11.8. The first-order valence-electron chi connectivity index (χ1n) is 8.48. The molecule has 2 aromatic rings. The second-order valence-electron chi connectivity index (χ2n) is 7.11. The summed E-state index contributed by atoms with van der Waals surface area (Å²) >= 11 is 5.88. The van der Waals surface area contributed by atoms with E-state index >= 15 is 0 Å². The van der Waals surface area contributed by atoms with Crippen LogP contribution in [0.15, 0.2) is 42.5 Å². The Labute approximate surface area is 166 Å². The summed E-state index contributed by atoms with van der Waals surface area (Å²) in [5.41, 5.74) is 0.186. The maximum absolute atomic E-state index is 12.7. The summed E-state index contributed by atoms with van der Waals surface area (Å²) in [5, 5.41) is 2.54. The first kappa shape index (κ1) is 21.9. The third kappa shape index (κ3) is 6.96. The SMILES string of the molecule is CC(C)(C)OC(=O)NCc1cccc(COc2ccc(C(F)(F)F)cc2Cl)c1. The van der Waals surface area contributed by atoms with Crippen LogP contribution in [0.5, 0.6) is 5.75 Å². The molecule has 28 heavy (non-hydrogen) atoms. The summed E-state index contributed by atoms with van der Waals surface area (Å²) in [4.78, 5) is 11.7. The van der Waals surface area contributed by atoms with Crippen LogP contribution in [0.4, 0.5) is 18.0 Å². The number of benzene rings is 2. The van der Waals surface area contributed by atoms with Gasteiger partial charge in [0.1, 0.15) is 18.0 Å². The highest BCUT2D eigenvalue weighted by atomic mass is 35.5. The van der Waals surface area contributed by atoms with Crippen molar-refractivity contribution in [3.05, 3.63) is 64.2 Å². The maximum atomic E-state index is 12.7. The van der Waals surface area contributed by atoms with E-state index in [0.717, 1.165) is 23.3 Å². The number of amides is 1. The van der Waals surface area contributed by atoms with Crippen LogP contribution in [0.1, 0.15) is 37.5 Å². The Morgan fingerprint density at radius 2 is 1.75 bits per heavy atom. The van der Waals surface area contributed by atoms with E-state index in [1.807, 2.05) is 12.1 Å². The lowest BCUT2D eigenvalue weighted by atomic mass is 10.1. The lowest BCUT2D eigenvalue weighted by molar-refractivity contribution is -0.137. The Morgan fingerprint density at radius 1 is 1.07 bits per heavy atom. The molecule has 0 atom stereocenters. The Morgan fingerprint density at radius 3 is 2.36 bits per heavy atom. The highest BCUT2D eigenvalue weighted by Crippen LogP contribution is 2.34. The molecule has 0 saturated carbocycles. The van der Waals surface area contributed by atoms with Crippen molar-refractivity contribution >= 4 is 17.7 Å². The molecule has 0 spiro atoms. The molecule has 0 heterocycles. The van der Waals surface area contributed by atoms with Crippen molar-refractivity contribution in [2.24, 2.45) is 0 Å². The molecule has 0 aliphatic carbocycles. The number of hydrogen-bond acceptors (Lipinski definition) is 3. The monoisotopic (exact) mass is 415 g/mol. The van der Waals surface area contributed by atoms with Crippen LogP contribution in [0.25, 0.3) is 0 Å². The molecule has 0 fully saturated rings. The van der Waals surface area contributed by atoms with E-state index < -0.39 is 23.4 Å². The summed E-state index contributed by atoms with van der Waals surface area (Å²) in [6.07, 6.45) is -4.98. The molecule has 152 valence electrons. The topological polar surface area (TPSA) is 47.6 Å². The Hall–Kier alpha value is -2.41. The van der Waals surface area contributed by atoms with Crippen LogP contribution in [0.2, 0.25) is 5.02 Å². The molecule has 0 unspecified atom stereocenters. The highest BCUT2D eigenvalue weighted by molar-refractivity contribution is 6.32. The van der Waals surface area contributed by atoms with Gasteiger partial charge in [0.2, 0.25) is 0 Å². The fraction of sp³-hybridized carbons (Fsp3) is 0.350. The Kier molecular flexibility index (Phi) is 6.82. The van der Waals surface area contributed by atoms with Crippen molar-refractivity contribution in [2.45, 2.75) is 45.7 Å². The van der Waals surface area contributed by atoms with Crippen molar-refractivity contribution in [1.82, 2.24) is 5.32 Å². The molecule has 0 aromatic heterocycles. The van der Waals surface area contributed by atoms with E-state index in [-0.39, 0.29) is 23.9 Å². The van der Waals surface area contributed by atoms with Crippen LogP contribution in [0, 0.1) is 0 Å². The van der Waals surface area contributed by atoms with Gasteiger partial charge in [-0.3, -0.25) is 0 Å². The molecule has 1 N–H and O–H groups in total. The van der Waals surface area contributed by atoms with Gasteiger partial charge in [-0.05, 0) is 50.1 Å². The number of alkyl carbamates (subject to hydrolysis) is 1. The second kappa shape index (κ2) is 8.73. The van der Waals surface area contributed by atoms with Crippen LogP contribution in [-0.4, -0.2) is 11.7 Å². The van der Waals surface area contributed by atoms with E-state index in [1.165, 1.54) is 6.07 Å². The van der Waals surface area contributed by atoms with Crippen molar-refractivity contribution in [2.75, 3.05) is 0 Å². The predicted molar refractivity (Wildman–Crippen MR) is 100 cm³/mol. The average molecular weight is 416 g/mol. The van der Waals surface area contributed by atoms with Gasteiger partial charge in [-0.1, -0.05) is 35.9 Å². The van der Waals surface area contributed by atoms with Gasteiger partial charge in [-0.15, -0.1) is 0 Å². The summed E-state index contributed by atoms with van der Waals surface area (Å²) in [5.74, 6) is 0.159. The molecular weight excluding hydrogens is 395 g/mol. The molecule has 0 saturated heterocycles. The number of hydrogen-bond donors (Lipinski definition) is 1. The number of ether oxygens (including phenoxy) is 2. The molecule has 0 aliphatic heterocycles. The van der Waals surface area contributed by atoms with Gasteiger partial charge in [-0.25, -0.2) is 4.79 Å². The molecule has 4 nitrogen and oxygen atoms in total. The minimum atomic E-state index is -4.46. The zero-order valence-corrected chi connectivity index (χ0v) is 16.4. The molecule has 2 aromatic carbocycles. The maximum Gasteiger partial charge on any atom is 0.416 e. The van der Waals surface area contributed by atoms with Crippen LogP contribution in [0.3, 0.4) is 0 Å². The van der Waals surface area contributed by atoms with E-state index in [0.29, 0.717) is 0 Å². The standard InChI is InChI=1S/C20H21ClF3NO3/c1-19(2,3)28-18(26)25-11-13-5-4-6-14(9-13)12-27-17-8-7-15(10-16(17)21)20(22,23)24/h4-10H,11-12H2,1-3H3,(H,25,26). The fourth-order valence-corrected chi connectivity index (χ4v) is 2.51. The zero-order valence-electron chi connectivity index (χ0n) is 15.7. The summed E-state index contributed by atoms with van der Waals surface area (Å²) in [6.45, 7) is 5.71. The van der Waals surface area contributed by atoms with E-state index in [4.69, 9.17) is 21.1 Å². The van der Waals surface area contributed by atoms with E-state index in [1.54, 1.807) is 32.9 Å². The van der Waals surface area contributed by atoms with Gasteiger partial charge in [-0.2, -0.15) is 13.2 Å². The number of carbonyl (C=O) groups excluding carboxylic acids is 1. The quantitative estimate of drug-likeness (QED) is 0.655. The first-order valence-corrected chi connectivity index (χ1v) is 8.86. The van der Waals surface area contributed by atoms with Crippen molar-refractivity contribution < 1.29 is 27.4 Å². The molecule has 0 radical (unpaired) electrons. The summed E-state index contributed by atoms with van der Waals surface area (Å²) in [6, 6.07) is 10.2. The number of rotatable bonds is 5. The van der Waals surface area contributed by atoms with E-state index in [2.05, 4.69) is 5.32 Å². The molecule has 0 bridgehead atoms. The van der Waals surface area contributed by atoms with Gasteiger partial charge in [0.05, 0.1) is 10.6 Å². The second-order valence-corrected chi connectivity index (χ2v) is 7.51. The van der Waals surface area contributed by atoms with Gasteiger partial charge < -0.3 is 14.8 Å². The summed E-state index contributed by atoms with van der Waals surface area (Å²) in [7, 11) is 0.